The Balaban J connectivity index is 0. The van der Waals surface area contributed by atoms with Crippen molar-refractivity contribution < 1.29 is 46.7 Å². The van der Waals surface area contributed by atoms with Crippen LogP contribution in [0.1, 0.15) is 32.6 Å². The van der Waals surface area contributed by atoms with Crippen LogP contribution in [0.2, 0.25) is 0 Å². The van der Waals surface area contributed by atoms with E-state index >= 15 is 0 Å². The maximum atomic E-state index is 9.89. The molecular weight excluding hydrogens is 203 g/mol. The fraction of sp³-hybridized carbons (Fsp3) is 0.714. The van der Waals surface area contributed by atoms with Gasteiger partial charge in [0.15, 0.2) is 0 Å². The molecule has 0 unspecified atom stereocenters. The summed E-state index contributed by atoms with van der Waals surface area (Å²) in [4.78, 5) is 0. The van der Waals surface area contributed by atoms with Crippen LogP contribution in [0.5, 0.6) is 0 Å². The summed E-state index contributed by atoms with van der Waals surface area (Å²) in [5.41, 5.74) is 0. The number of allylic oxidation sites excluding steroid dienone is 1. The number of unbranched alkanes of at least 4 members (excludes halogenated alkanes) is 3. The topological polar surface area (TPSA) is 66.4 Å². The Bertz CT molecular complexity index is 223. The Morgan fingerprint density at radius 3 is 2.46 bits per heavy atom. The average Bonchev–Trinajstić information content (AvgIpc) is 1.94. The van der Waals surface area contributed by atoms with Gasteiger partial charge in [0.1, 0.15) is 6.26 Å². The summed E-state index contributed by atoms with van der Waals surface area (Å²) in [6, 6.07) is 0. The molecule has 0 amide bonds. The predicted octanol–water partition coefficient (Wildman–Crippen LogP) is -1.44. The van der Waals surface area contributed by atoms with Crippen LogP contribution in [0.4, 0.5) is 0 Å². The van der Waals surface area contributed by atoms with E-state index in [4.69, 9.17) is 0 Å². The SMILES string of the molecule is CCCCC/C=C/OS(=O)(=O)[O-].[Na+]. The van der Waals surface area contributed by atoms with E-state index in [1.54, 1.807) is 0 Å². The van der Waals surface area contributed by atoms with E-state index in [2.05, 4.69) is 11.1 Å². The second-order valence-corrected chi connectivity index (χ2v) is 3.38. The van der Waals surface area contributed by atoms with E-state index in [0.717, 1.165) is 31.9 Å². The van der Waals surface area contributed by atoms with Gasteiger partial charge in [0.25, 0.3) is 10.4 Å². The molecule has 0 spiro atoms. The standard InChI is InChI=1S/C7H14O4S.Na/c1-2-3-4-5-6-7-11-12(8,9)10;/h6-7H,2-5H2,1H3,(H,8,9,10);/q;+1/p-1/b7-6+;. The van der Waals surface area contributed by atoms with Crippen LogP contribution in [-0.4, -0.2) is 13.0 Å². The summed E-state index contributed by atoms with van der Waals surface area (Å²) >= 11 is 0. The molecule has 0 saturated carbocycles. The normalized spacial score (nSPS) is 11.2. The minimum atomic E-state index is -4.55. The van der Waals surface area contributed by atoms with Crippen LogP contribution in [0.25, 0.3) is 0 Å². The van der Waals surface area contributed by atoms with Gasteiger partial charge < -0.3 is 8.74 Å². The van der Waals surface area contributed by atoms with Gasteiger partial charge in [-0.05, 0) is 18.9 Å². The molecule has 6 heteroatoms. The van der Waals surface area contributed by atoms with Gasteiger partial charge in [0.05, 0.1) is 0 Å². The zero-order valence-corrected chi connectivity index (χ0v) is 10.8. The monoisotopic (exact) mass is 216 g/mol. The zero-order chi connectivity index (χ0) is 9.45. The van der Waals surface area contributed by atoms with Crippen LogP contribution >= 0.6 is 0 Å². The summed E-state index contributed by atoms with van der Waals surface area (Å²) in [7, 11) is -4.55. The van der Waals surface area contributed by atoms with Crippen molar-refractivity contribution in [2.24, 2.45) is 0 Å². The van der Waals surface area contributed by atoms with Gasteiger partial charge in [0, 0.05) is 0 Å². The smallest absolute Gasteiger partial charge is 0.716 e. The van der Waals surface area contributed by atoms with E-state index in [1.807, 2.05) is 0 Å². The van der Waals surface area contributed by atoms with Crippen molar-refractivity contribution in [2.75, 3.05) is 0 Å². The molecule has 0 aromatic rings. The summed E-state index contributed by atoms with van der Waals surface area (Å²) in [6.45, 7) is 2.07. The van der Waals surface area contributed by atoms with Gasteiger partial charge in [-0.3, -0.25) is 0 Å². The summed E-state index contributed by atoms with van der Waals surface area (Å²) in [5, 5.41) is 0. The molecule has 0 aliphatic heterocycles. The molecule has 0 bridgehead atoms. The van der Waals surface area contributed by atoms with Crippen molar-refractivity contribution >= 4 is 10.4 Å². The molecule has 0 atom stereocenters. The molecule has 4 nitrogen and oxygen atoms in total. The molecular formula is C7H13NaO4S. The molecule has 72 valence electrons. The van der Waals surface area contributed by atoms with Gasteiger partial charge in [-0.25, -0.2) is 8.42 Å². The minimum absolute atomic E-state index is 0. The van der Waals surface area contributed by atoms with Crippen molar-refractivity contribution in [2.45, 2.75) is 32.6 Å². The van der Waals surface area contributed by atoms with Gasteiger partial charge in [-0.2, -0.15) is 0 Å². The van der Waals surface area contributed by atoms with Crippen molar-refractivity contribution in [3.63, 3.8) is 0 Å². The first-order valence-corrected chi connectivity index (χ1v) is 5.18. The number of hydrogen-bond donors (Lipinski definition) is 0. The van der Waals surface area contributed by atoms with E-state index in [9.17, 15) is 13.0 Å². The number of hydrogen-bond acceptors (Lipinski definition) is 4. The molecule has 13 heavy (non-hydrogen) atoms. The van der Waals surface area contributed by atoms with E-state index in [0.29, 0.717) is 0 Å². The summed E-state index contributed by atoms with van der Waals surface area (Å²) < 4.78 is 33.5. The second kappa shape index (κ2) is 9.02. The second-order valence-electron chi connectivity index (χ2n) is 2.37. The molecule has 0 fully saturated rings. The molecule has 0 N–H and O–H groups in total. The fourth-order valence-electron chi connectivity index (χ4n) is 0.688. The number of rotatable bonds is 6. The van der Waals surface area contributed by atoms with Crippen LogP contribution in [-0.2, 0) is 14.6 Å². The minimum Gasteiger partial charge on any atom is -0.716 e. The zero-order valence-electron chi connectivity index (χ0n) is 8.02. The summed E-state index contributed by atoms with van der Waals surface area (Å²) in [6.07, 6.45) is 6.38. The third-order valence-electron chi connectivity index (χ3n) is 1.24. The predicted molar refractivity (Wildman–Crippen MR) is 44.1 cm³/mol. The average molecular weight is 216 g/mol. The maximum Gasteiger partial charge on any atom is 1.00 e. The fourth-order valence-corrected chi connectivity index (χ4v) is 0.902. The molecule has 0 rings (SSSR count). The molecule has 0 heterocycles. The van der Waals surface area contributed by atoms with Crippen LogP contribution in [0, 0.1) is 0 Å². The molecule has 0 aliphatic rings. The molecule has 0 aromatic heterocycles. The van der Waals surface area contributed by atoms with Crippen molar-refractivity contribution in [3.05, 3.63) is 12.3 Å². The van der Waals surface area contributed by atoms with Crippen LogP contribution in [0.3, 0.4) is 0 Å². The first kappa shape index (κ1) is 15.9. The van der Waals surface area contributed by atoms with E-state index in [-0.39, 0.29) is 29.6 Å². The molecule has 0 saturated heterocycles. The van der Waals surface area contributed by atoms with Gasteiger partial charge in [-0.1, -0.05) is 19.8 Å². The van der Waals surface area contributed by atoms with Crippen molar-refractivity contribution in [1.82, 2.24) is 0 Å². The Hall–Kier alpha value is 0.450. The molecule has 0 radical (unpaired) electrons. The van der Waals surface area contributed by atoms with Gasteiger partial charge in [-0.15, -0.1) is 0 Å². The van der Waals surface area contributed by atoms with Crippen LogP contribution < -0.4 is 29.6 Å². The third kappa shape index (κ3) is 15.2. The largest absolute Gasteiger partial charge is 1.00 e. The maximum absolute atomic E-state index is 9.89. The first-order chi connectivity index (χ1) is 5.56. The van der Waals surface area contributed by atoms with Crippen molar-refractivity contribution in [3.8, 4) is 0 Å². The summed E-state index contributed by atoms with van der Waals surface area (Å²) in [5.74, 6) is 0. The van der Waals surface area contributed by atoms with Gasteiger partial charge >= 0.3 is 29.6 Å². The van der Waals surface area contributed by atoms with Crippen LogP contribution in [0.15, 0.2) is 12.3 Å². The first-order valence-electron chi connectivity index (χ1n) is 3.85. The van der Waals surface area contributed by atoms with Gasteiger partial charge in [0.2, 0.25) is 0 Å². The Morgan fingerprint density at radius 1 is 1.38 bits per heavy atom. The third-order valence-corrected chi connectivity index (χ3v) is 1.59. The molecule has 0 aromatic carbocycles. The Kier molecular flexibility index (Phi) is 11.0. The quantitative estimate of drug-likeness (QED) is 0.179. The Labute approximate surface area is 102 Å². The van der Waals surface area contributed by atoms with Crippen molar-refractivity contribution in [1.29, 1.82) is 0 Å². The Morgan fingerprint density at radius 2 is 2.00 bits per heavy atom. The molecule has 0 aliphatic carbocycles. The van der Waals surface area contributed by atoms with E-state index in [1.165, 1.54) is 6.08 Å². The van der Waals surface area contributed by atoms with E-state index < -0.39 is 10.4 Å².